The highest BCUT2D eigenvalue weighted by molar-refractivity contribution is 5.29. The predicted molar refractivity (Wildman–Crippen MR) is 57.3 cm³/mol. The van der Waals surface area contributed by atoms with Crippen molar-refractivity contribution in [2.75, 3.05) is 13.2 Å². The van der Waals surface area contributed by atoms with E-state index < -0.39 is 23.7 Å². The Morgan fingerprint density at radius 1 is 1.28 bits per heavy atom. The quantitative estimate of drug-likeness (QED) is 0.833. The first-order valence-electron chi connectivity index (χ1n) is 5.61. The van der Waals surface area contributed by atoms with Gasteiger partial charge in [0.2, 0.25) is 0 Å². The maximum Gasteiger partial charge on any atom is 0.416 e. The summed E-state index contributed by atoms with van der Waals surface area (Å²) in [4.78, 5) is 0. The van der Waals surface area contributed by atoms with Crippen LogP contribution in [0.5, 0.6) is 0 Å². The topological polar surface area (TPSA) is 35.2 Å². The third-order valence-electron chi connectivity index (χ3n) is 3.09. The fourth-order valence-corrected chi connectivity index (χ4v) is 2.18. The Morgan fingerprint density at radius 3 is 2.61 bits per heavy atom. The largest absolute Gasteiger partial charge is 0.416 e. The lowest BCUT2D eigenvalue weighted by Gasteiger charge is -2.18. The van der Waals surface area contributed by atoms with E-state index in [1.165, 1.54) is 0 Å². The first-order chi connectivity index (χ1) is 8.41. The Hall–Kier alpha value is -1.14. The summed E-state index contributed by atoms with van der Waals surface area (Å²) in [6, 6.07) is 2.49. The average Bonchev–Trinajstić information content (AvgIpc) is 2.74. The monoisotopic (exact) mass is 263 g/mol. The molecule has 1 saturated heterocycles. The van der Waals surface area contributed by atoms with Crippen molar-refractivity contribution in [3.05, 3.63) is 35.1 Å². The van der Waals surface area contributed by atoms with Crippen LogP contribution in [0.2, 0.25) is 0 Å². The molecular weight excluding hydrogens is 250 g/mol. The van der Waals surface area contributed by atoms with Gasteiger partial charge >= 0.3 is 6.18 Å². The van der Waals surface area contributed by atoms with Crippen LogP contribution < -0.4 is 5.73 Å². The number of hydrogen-bond acceptors (Lipinski definition) is 2. The van der Waals surface area contributed by atoms with E-state index >= 15 is 0 Å². The molecule has 6 heteroatoms. The van der Waals surface area contributed by atoms with Gasteiger partial charge in [-0.25, -0.2) is 4.39 Å². The maximum atomic E-state index is 13.3. The van der Waals surface area contributed by atoms with Gasteiger partial charge in [-0.05, 0) is 36.7 Å². The molecule has 2 atom stereocenters. The normalized spacial score (nSPS) is 24.5. The van der Waals surface area contributed by atoms with Gasteiger partial charge in [-0.15, -0.1) is 0 Å². The second kappa shape index (κ2) is 4.85. The van der Waals surface area contributed by atoms with E-state index in [0.717, 1.165) is 12.1 Å². The fourth-order valence-electron chi connectivity index (χ4n) is 2.18. The zero-order valence-corrected chi connectivity index (χ0v) is 9.51. The third-order valence-corrected chi connectivity index (χ3v) is 3.09. The molecule has 100 valence electrons. The molecule has 1 aromatic carbocycles. The van der Waals surface area contributed by atoms with Crippen molar-refractivity contribution in [1.29, 1.82) is 0 Å². The van der Waals surface area contributed by atoms with Crippen molar-refractivity contribution >= 4 is 0 Å². The van der Waals surface area contributed by atoms with Crippen molar-refractivity contribution in [3.8, 4) is 0 Å². The van der Waals surface area contributed by atoms with Gasteiger partial charge in [-0.1, -0.05) is 0 Å². The molecule has 1 aliphatic rings. The van der Waals surface area contributed by atoms with E-state index in [4.69, 9.17) is 10.5 Å². The Morgan fingerprint density at radius 2 is 2.00 bits per heavy atom. The van der Waals surface area contributed by atoms with Crippen LogP contribution in [-0.2, 0) is 10.9 Å². The summed E-state index contributed by atoms with van der Waals surface area (Å²) in [7, 11) is 0. The number of alkyl halides is 3. The predicted octanol–water partition coefficient (Wildman–Crippen LogP) is 2.88. The summed E-state index contributed by atoms with van der Waals surface area (Å²) in [6.07, 6.45) is -4.43. The van der Waals surface area contributed by atoms with Gasteiger partial charge in [0.1, 0.15) is 5.82 Å². The van der Waals surface area contributed by atoms with Crippen LogP contribution in [-0.4, -0.2) is 13.2 Å². The Kier molecular flexibility index (Phi) is 3.59. The summed E-state index contributed by atoms with van der Waals surface area (Å²) in [5, 5.41) is 0. The second-order valence-corrected chi connectivity index (χ2v) is 4.35. The molecule has 0 saturated carbocycles. The van der Waals surface area contributed by atoms with Crippen LogP contribution in [0.1, 0.15) is 23.7 Å². The van der Waals surface area contributed by atoms with Crippen molar-refractivity contribution in [1.82, 2.24) is 0 Å². The highest BCUT2D eigenvalue weighted by Crippen LogP contribution is 2.37. The number of ether oxygens (including phenoxy) is 1. The third kappa shape index (κ3) is 2.64. The van der Waals surface area contributed by atoms with Crippen molar-refractivity contribution in [2.24, 2.45) is 11.7 Å². The molecule has 0 aromatic heterocycles. The molecule has 18 heavy (non-hydrogen) atoms. The molecule has 0 aliphatic carbocycles. The molecule has 1 heterocycles. The summed E-state index contributed by atoms with van der Waals surface area (Å²) in [6.45, 7) is 0.743. The van der Waals surface area contributed by atoms with E-state index in [2.05, 4.69) is 0 Å². The average molecular weight is 263 g/mol. The minimum Gasteiger partial charge on any atom is -0.373 e. The zero-order chi connectivity index (χ0) is 13.3. The van der Waals surface area contributed by atoms with Gasteiger partial charge in [-0.3, -0.25) is 0 Å². The lowest BCUT2D eigenvalue weighted by atomic mass is 9.94. The molecule has 1 aliphatic heterocycles. The lowest BCUT2D eigenvalue weighted by molar-refractivity contribution is -0.137. The standard InChI is InChI=1S/C12H13F4NO/c13-10-4-8(3-9(5-10)12(14,15)16)11-7(6-17)1-2-18-11/h3-5,7,11H,1-2,6,17H2. The fraction of sp³-hybridized carbons (Fsp3) is 0.500. The van der Waals surface area contributed by atoms with Crippen LogP contribution >= 0.6 is 0 Å². The van der Waals surface area contributed by atoms with E-state index in [1.54, 1.807) is 0 Å². The lowest BCUT2D eigenvalue weighted by Crippen LogP contribution is -2.18. The highest BCUT2D eigenvalue weighted by Gasteiger charge is 2.34. The van der Waals surface area contributed by atoms with E-state index in [1.807, 2.05) is 0 Å². The second-order valence-electron chi connectivity index (χ2n) is 4.35. The van der Waals surface area contributed by atoms with Gasteiger partial charge < -0.3 is 10.5 Å². The molecule has 0 bridgehead atoms. The Labute approximate surface area is 102 Å². The van der Waals surface area contributed by atoms with Crippen LogP contribution in [0, 0.1) is 11.7 Å². The maximum absolute atomic E-state index is 13.3. The van der Waals surface area contributed by atoms with Crippen LogP contribution in [0.25, 0.3) is 0 Å². The van der Waals surface area contributed by atoms with Crippen LogP contribution in [0.15, 0.2) is 18.2 Å². The van der Waals surface area contributed by atoms with Gasteiger partial charge in [0, 0.05) is 12.5 Å². The van der Waals surface area contributed by atoms with E-state index in [0.29, 0.717) is 25.6 Å². The minimum atomic E-state index is -4.56. The van der Waals surface area contributed by atoms with Crippen molar-refractivity contribution in [3.63, 3.8) is 0 Å². The number of halogens is 4. The van der Waals surface area contributed by atoms with Gasteiger partial charge in [0.05, 0.1) is 11.7 Å². The Balaban J connectivity index is 2.36. The molecule has 0 spiro atoms. The van der Waals surface area contributed by atoms with Crippen LogP contribution in [0.3, 0.4) is 0 Å². The van der Waals surface area contributed by atoms with Crippen LogP contribution in [0.4, 0.5) is 17.6 Å². The molecule has 1 aromatic rings. The molecule has 0 amide bonds. The molecule has 2 rings (SSSR count). The van der Waals surface area contributed by atoms with E-state index in [-0.39, 0.29) is 11.5 Å². The minimum absolute atomic E-state index is 0.0621. The van der Waals surface area contributed by atoms with Crippen molar-refractivity contribution in [2.45, 2.75) is 18.7 Å². The molecule has 0 radical (unpaired) electrons. The summed E-state index contributed by atoms with van der Waals surface area (Å²) >= 11 is 0. The molecule has 2 N–H and O–H groups in total. The van der Waals surface area contributed by atoms with Gasteiger partial charge in [0.25, 0.3) is 0 Å². The van der Waals surface area contributed by atoms with Gasteiger partial charge in [-0.2, -0.15) is 13.2 Å². The Bertz CT molecular complexity index is 433. The smallest absolute Gasteiger partial charge is 0.373 e. The molecule has 2 nitrogen and oxygen atoms in total. The number of nitrogens with two attached hydrogens (primary N) is 1. The summed E-state index contributed by atoms with van der Waals surface area (Å²) < 4.78 is 56.4. The first kappa shape index (κ1) is 13.3. The molecule has 2 unspecified atom stereocenters. The first-order valence-corrected chi connectivity index (χ1v) is 5.61. The number of rotatable bonds is 2. The van der Waals surface area contributed by atoms with E-state index in [9.17, 15) is 17.6 Å². The van der Waals surface area contributed by atoms with Gasteiger partial charge in [0.15, 0.2) is 0 Å². The highest BCUT2D eigenvalue weighted by atomic mass is 19.4. The summed E-state index contributed by atoms with van der Waals surface area (Å²) in [5.74, 6) is -0.973. The zero-order valence-electron chi connectivity index (χ0n) is 9.51. The molecule has 1 fully saturated rings. The molecular formula is C12H13F4NO. The number of hydrogen-bond donors (Lipinski definition) is 1. The number of benzene rings is 1. The SMILES string of the molecule is NCC1CCOC1c1cc(F)cc(C(F)(F)F)c1. The summed E-state index contributed by atoms with van der Waals surface area (Å²) in [5.41, 5.74) is 4.73. The van der Waals surface area contributed by atoms with Crippen molar-refractivity contribution < 1.29 is 22.3 Å².